The molecule has 6 heteroatoms. The lowest BCUT2D eigenvalue weighted by molar-refractivity contribution is -0.385. The first kappa shape index (κ1) is 14.3. The van der Waals surface area contributed by atoms with Crippen molar-refractivity contribution in [3.05, 3.63) is 33.9 Å². The van der Waals surface area contributed by atoms with E-state index in [1.54, 1.807) is 6.07 Å². The van der Waals surface area contributed by atoms with Gasteiger partial charge in [-0.1, -0.05) is 6.92 Å². The summed E-state index contributed by atoms with van der Waals surface area (Å²) < 4.78 is 0. The zero-order valence-corrected chi connectivity index (χ0v) is 11.5. The summed E-state index contributed by atoms with van der Waals surface area (Å²) in [6, 6.07) is 6.47. The normalized spacial score (nSPS) is 22.0. The predicted molar refractivity (Wildman–Crippen MR) is 76.5 cm³/mol. The summed E-state index contributed by atoms with van der Waals surface area (Å²) in [6.07, 6.45) is 2.27. The molecular formula is C14H18N4O2. The Balaban J connectivity index is 2.08. The number of nitro benzene ring substituents is 1. The van der Waals surface area contributed by atoms with Crippen molar-refractivity contribution in [3.63, 3.8) is 0 Å². The summed E-state index contributed by atoms with van der Waals surface area (Å²) in [6.45, 7) is 4.95. The number of nitriles is 1. The van der Waals surface area contributed by atoms with E-state index in [1.807, 2.05) is 6.07 Å². The van der Waals surface area contributed by atoms with Gasteiger partial charge in [0.1, 0.15) is 11.6 Å². The number of piperidine rings is 1. The molecule has 2 rings (SSSR count). The highest BCUT2D eigenvalue weighted by Crippen LogP contribution is 2.27. The van der Waals surface area contributed by atoms with Crippen LogP contribution in [0.2, 0.25) is 0 Å². The number of nitro groups is 1. The third-order valence-electron chi connectivity index (χ3n) is 3.72. The molecular weight excluding hydrogens is 256 g/mol. The van der Waals surface area contributed by atoms with Gasteiger partial charge < -0.3 is 10.6 Å². The molecule has 1 unspecified atom stereocenters. The van der Waals surface area contributed by atoms with E-state index in [1.165, 1.54) is 12.1 Å². The maximum atomic E-state index is 10.9. The van der Waals surface area contributed by atoms with Gasteiger partial charge in [0, 0.05) is 24.8 Å². The fourth-order valence-corrected chi connectivity index (χ4v) is 2.47. The Bertz CT molecular complexity index is 545. The summed E-state index contributed by atoms with van der Waals surface area (Å²) in [5, 5.41) is 26.4. The van der Waals surface area contributed by atoms with Gasteiger partial charge in [0.05, 0.1) is 4.92 Å². The summed E-state index contributed by atoms with van der Waals surface area (Å²) in [5.74, 6) is 0. The first-order chi connectivity index (χ1) is 9.54. The van der Waals surface area contributed by atoms with E-state index in [0.29, 0.717) is 5.69 Å². The minimum Gasteiger partial charge on any atom is -0.384 e. The number of nitrogens with zero attached hydrogens (tertiary/aromatic N) is 2. The molecule has 0 spiro atoms. The Labute approximate surface area is 117 Å². The zero-order chi connectivity index (χ0) is 14.6. The molecule has 1 aliphatic heterocycles. The van der Waals surface area contributed by atoms with Gasteiger partial charge in [-0.2, -0.15) is 5.26 Å². The number of hydrogen-bond donors (Lipinski definition) is 2. The molecule has 1 aromatic rings. The monoisotopic (exact) mass is 274 g/mol. The molecule has 2 N–H and O–H groups in total. The molecule has 1 saturated heterocycles. The molecule has 1 aromatic carbocycles. The smallest absolute Gasteiger partial charge is 0.289 e. The van der Waals surface area contributed by atoms with E-state index >= 15 is 0 Å². The van der Waals surface area contributed by atoms with Gasteiger partial charge in [-0.3, -0.25) is 10.1 Å². The SMILES string of the molecule is CC1(CNc2ccc(C#N)c([N+](=O)[O-])c2)CCCNC1. The van der Waals surface area contributed by atoms with Crippen LogP contribution in [0, 0.1) is 26.9 Å². The van der Waals surface area contributed by atoms with Crippen LogP contribution in [0.5, 0.6) is 0 Å². The van der Waals surface area contributed by atoms with E-state index < -0.39 is 4.92 Å². The fourth-order valence-electron chi connectivity index (χ4n) is 2.47. The van der Waals surface area contributed by atoms with Crippen LogP contribution in [0.15, 0.2) is 18.2 Å². The second-order valence-electron chi connectivity index (χ2n) is 5.55. The van der Waals surface area contributed by atoms with Gasteiger partial charge in [-0.05, 0) is 36.9 Å². The first-order valence-corrected chi connectivity index (χ1v) is 6.67. The van der Waals surface area contributed by atoms with E-state index in [9.17, 15) is 10.1 Å². The molecule has 106 valence electrons. The molecule has 0 aliphatic carbocycles. The lowest BCUT2D eigenvalue weighted by Crippen LogP contribution is -2.42. The number of nitrogens with one attached hydrogen (secondary N) is 2. The average molecular weight is 274 g/mol. The second-order valence-corrected chi connectivity index (χ2v) is 5.55. The molecule has 1 aliphatic rings. The van der Waals surface area contributed by atoms with Crippen molar-refractivity contribution in [1.82, 2.24) is 5.32 Å². The molecule has 6 nitrogen and oxygen atoms in total. The minimum absolute atomic E-state index is 0.0890. The van der Waals surface area contributed by atoms with Crippen LogP contribution in [-0.2, 0) is 0 Å². The Morgan fingerprint density at radius 3 is 3.00 bits per heavy atom. The van der Waals surface area contributed by atoms with Crippen LogP contribution in [0.1, 0.15) is 25.3 Å². The van der Waals surface area contributed by atoms with Crippen molar-refractivity contribution in [1.29, 1.82) is 5.26 Å². The average Bonchev–Trinajstić information content (AvgIpc) is 2.45. The molecule has 0 aromatic heterocycles. The van der Waals surface area contributed by atoms with Crippen molar-refractivity contribution in [2.45, 2.75) is 19.8 Å². The van der Waals surface area contributed by atoms with E-state index in [0.717, 1.165) is 32.5 Å². The quantitative estimate of drug-likeness (QED) is 0.649. The van der Waals surface area contributed by atoms with Crippen LogP contribution in [0.3, 0.4) is 0 Å². The van der Waals surface area contributed by atoms with Crippen LogP contribution in [0.4, 0.5) is 11.4 Å². The van der Waals surface area contributed by atoms with Gasteiger partial charge in [0.25, 0.3) is 5.69 Å². The minimum atomic E-state index is -0.520. The van der Waals surface area contributed by atoms with Crippen molar-refractivity contribution in [2.24, 2.45) is 5.41 Å². The standard InChI is InChI=1S/C14H18N4O2/c1-14(5-2-6-16-9-14)10-17-12-4-3-11(8-15)13(7-12)18(19)20/h3-4,7,16-17H,2,5-6,9-10H2,1H3. The fraction of sp³-hybridized carbons (Fsp3) is 0.500. The Hall–Kier alpha value is -2.13. The summed E-state index contributed by atoms with van der Waals surface area (Å²) in [4.78, 5) is 10.4. The molecule has 1 fully saturated rings. The Morgan fingerprint density at radius 1 is 1.60 bits per heavy atom. The third kappa shape index (κ3) is 3.25. The largest absolute Gasteiger partial charge is 0.384 e. The highest BCUT2D eigenvalue weighted by atomic mass is 16.6. The molecule has 0 bridgehead atoms. The zero-order valence-electron chi connectivity index (χ0n) is 11.5. The van der Waals surface area contributed by atoms with Crippen molar-refractivity contribution >= 4 is 11.4 Å². The van der Waals surface area contributed by atoms with Gasteiger partial charge in [-0.25, -0.2) is 0 Å². The van der Waals surface area contributed by atoms with E-state index in [-0.39, 0.29) is 16.7 Å². The van der Waals surface area contributed by atoms with Crippen LogP contribution < -0.4 is 10.6 Å². The summed E-state index contributed by atoms with van der Waals surface area (Å²) in [7, 11) is 0. The Kier molecular flexibility index (Phi) is 4.20. The van der Waals surface area contributed by atoms with Crippen LogP contribution in [0.25, 0.3) is 0 Å². The lowest BCUT2D eigenvalue weighted by atomic mass is 9.83. The van der Waals surface area contributed by atoms with Crippen LogP contribution in [-0.4, -0.2) is 24.6 Å². The van der Waals surface area contributed by atoms with Crippen molar-refractivity contribution < 1.29 is 4.92 Å². The maximum absolute atomic E-state index is 10.9. The number of anilines is 1. The molecule has 0 saturated carbocycles. The van der Waals surface area contributed by atoms with Gasteiger partial charge in [0.2, 0.25) is 0 Å². The molecule has 1 atom stereocenters. The molecule has 20 heavy (non-hydrogen) atoms. The number of hydrogen-bond acceptors (Lipinski definition) is 5. The number of rotatable bonds is 4. The highest BCUT2D eigenvalue weighted by Gasteiger charge is 2.26. The topological polar surface area (TPSA) is 91.0 Å². The summed E-state index contributed by atoms with van der Waals surface area (Å²) >= 11 is 0. The van der Waals surface area contributed by atoms with Gasteiger partial charge in [0.15, 0.2) is 0 Å². The van der Waals surface area contributed by atoms with Crippen LogP contribution >= 0.6 is 0 Å². The van der Waals surface area contributed by atoms with Gasteiger partial charge in [-0.15, -0.1) is 0 Å². The lowest BCUT2D eigenvalue weighted by Gasteiger charge is -2.34. The third-order valence-corrected chi connectivity index (χ3v) is 3.72. The van der Waals surface area contributed by atoms with Crippen molar-refractivity contribution in [3.8, 4) is 6.07 Å². The molecule has 1 heterocycles. The van der Waals surface area contributed by atoms with Crippen molar-refractivity contribution in [2.75, 3.05) is 25.0 Å². The summed E-state index contributed by atoms with van der Waals surface area (Å²) in [5.41, 5.74) is 0.777. The highest BCUT2D eigenvalue weighted by molar-refractivity contribution is 5.59. The Morgan fingerprint density at radius 2 is 2.40 bits per heavy atom. The molecule has 0 radical (unpaired) electrons. The second kappa shape index (κ2) is 5.88. The van der Waals surface area contributed by atoms with Gasteiger partial charge >= 0.3 is 0 Å². The first-order valence-electron chi connectivity index (χ1n) is 6.67. The maximum Gasteiger partial charge on any atom is 0.289 e. The predicted octanol–water partition coefficient (Wildman–Crippen LogP) is 2.27. The number of benzene rings is 1. The molecule has 0 amide bonds. The van der Waals surface area contributed by atoms with E-state index in [2.05, 4.69) is 17.6 Å². The van der Waals surface area contributed by atoms with E-state index in [4.69, 9.17) is 5.26 Å².